The molecule has 0 saturated heterocycles. The van der Waals surface area contributed by atoms with Crippen molar-refractivity contribution in [1.82, 2.24) is 29.5 Å². The van der Waals surface area contributed by atoms with E-state index in [1.807, 2.05) is 25.1 Å². The van der Waals surface area contributed by atoms with Gasteiger partial charge in [0.2, 0.25) is 11.8 Å². The largest absolute Gasteiger partial charge is 0.493 e. The molecule has 1 aromatic carbocycles. The van der Waals surface area contributed by atoms with Crippen molar-refractivity contribution in [3.8, 4) is 17.4 Å². The molecular weight excluding hydrogens is 440 g/mol. The van der Waals surface area contributed by atoms with E-state index in [1.165, 1.54) is 0 Å². The summed E-state index contributed by atoms with van der Waals surface area (Å²) in [5, 5.41) is 18.3. The molecule has 34 heavy (non-hydrogen) atoms. The molecule has 4 aromatic rings. The van der Waals surface area contributed by atoms with Crippen LogP contribution in [0.25, 0.3) is 11.7 Å². The van der Waals surface area contributed by atoms with Crippen molar-refractivity contribution in [3.63, 3.8) is 0 Å². The summed E-state index contributed by atoms with van der Waals surface area (Å²) in [4.78, 5) is 30.3. The summed E-state index contributed by atoms with van der Waals surface area (Å²) in [6, 6.07) is 5.91. The highest BCUT2D eigenvalue weighted by atomic mass is 16.6. The van der Waals surface area contributed by atoms with Gasteiger partial charge in [0.25, 0.3) is 5.62 Å². The molecule has 174 valence electrons. The maximum absolute atomic E-state index is 11.5. The maximum atomic E-state index is 11.5. The lowest BCUT2D eigenvalue weighted by atomic mass is 10.1. The first-order valence-electron chi connectivity index (χ1n) is 11.0. The monoisotopic (exact) mass is 462 g/mol. The van der Waals surface area contributed by atoms with Gasteiger partial charge in [0, 0.05) is 5.22 Å². The van der Waals surface area contributed by atoms with Crippen LogP contribution in [0.2, 0.25) is 0 Å². The molecule has 0 spiro atoms. The van der Waals surface area contributed by atoms with Gasteiger partial charge in [0.05, 0.1) is 18.3 Å². The number of hydrogen-bond donors (Lipinski definition) is 4. The summed E-state index contributed by atoms with van der Waals surface area (Å²) >= 11 is 0. The Morgan fingerprint density at radius 3 is 2.82 bits per heavy atom. The van der Waals surface area contributed by atoms with E-state index in [2.05, 4.69) is 35.3 Å². The highest BCUT2D eigenvalue weighted by Gasteiger charge is 2.21. The molecule has 1 unspecified atom stereocenters. The molecule has 1 aliphatic heterocycles. The molecule has 12 nitrogen and oxygen atoms in total. The van der Waals surface area contributed by atoms with E-state index >= 15 is 0 Å². The van der Waals surface area contributed by atoms with Gasteiger partial charge in [-0.05, 0) is 43.5 Å². The van der Waals surface area contributed by atoms with Crippen molar-refractivity contribution in [2.24, 2.45) is 4.99 Å². The second-order valence-electron chi connectivity index (χ2n) is 8.30. The smallest absolute Gasteiger partial charge is 0.326 e. The highest BCUT2D eigenvalue weighted by molar-refractivity contribution is 5.57. The van der Waals surface area contributed by atoms with Crippen LogP contribution in [0.5, 0.6) is 17.4 Å². The zero-order chi connectivity index (χ0) is 23.2. The molecule has 1 atom stereocenters. The van der Waals surface area contributed by atoms with Crippen LogP contribution in [0, 0.1) is 0 Å². The van der Waals surface area contributed by atoms with Crippen molar-refractivity contribution in [1.29, 1.82) is 0 Å². The van der Waals surface area contributed by atoms with Crippen LogP contribution in [0.15, 0.2) is 34.2 Å². The molecule has 0 amide bonds. The second kappa shape index (κ2) is 7.90. The predicted octanol–water partition coefficient (Wildman–Crippen LogP) is 0.401. The van der Waals surface area contributed by atoms with Crippen LogP contribution >= 0.6 is 0 Å². The lowest BCUT2D eigenvalue weighted by Crippen LogP contribution is -2.25. The molecule has 3 aromatic heterocycles. The second-order valence-corrected chi connectivity index (χ2v) is 8.30. The van der Waals surface area contributed by atoms with Crippen molar-refractivity contribution in [2.45, 2.75) is 31.8 Å². The summed E-state index contributed by atoms with van der Waals surface area (Å²) in [6.07, 6.45) is 5.22. The van der Waals surface area contributed by atoms with Crippen LogP contribution in [0.3, 0.4) is 0 Å². The zero-order valence-electron chi connectivity index (χ0n) is 18.3. The number of nitrogens with one attached hydrogen (secondary N) is 3. The molecule has 1 aliphatic carbocycles. The van der Waals surface area contributed by atoms with Crippen molar-refractivity contribution < 1.29 is 14.6 Å². The lowest BCUT2D eigenvalue weighted by molar-refractivity contribution is 0.171. The molecular formula is C22H22N8O4. The number of imidazole rings is 1. The zero-order valence-corrected chi connectivity index (χ0v) is 18.3. The Labute approximate surface area is 192 Å². The molecule has 1 fully saturated rings. The summed E-state index contributed by atoms with van der Waals surface area (Å²) < 4.78 is 12.9. The number of aromatic hydroxyl groups is 1. The molecule has 0 bridgehead atoms. The quantitative estimate of drug-likeness (QED) is 0.332. The van der Waals surface area contributed by atoms with Crippen LogP contribution in [0.4, 0.5) is 5.95 Å². The third-order valence-electron chi connectivity index (χ3n) is 5.67. The van der Waals surface area contributed by atoms with Crippen LogP contribution in [-0.2, 0) is 0 Å². The molecule has 12 heteroatoms. The van der Waals surface area contributed by atoms with Gasteiger partial charge < -0.3 is 24.9 Å². The fraction of sp³-hybridized carbons (Fsp3) is 0.318. The number of H-pyrrole nitrogens is 2. The summed E-state index contributed by atoms with van der Waals surface area (Å²) in [5.41, 5.74) is 1.65. The van der Waals surface area contributed by atoms with Gasteiger partial charge in [-0.25, -0.2) is 9.79 Å². The minimum Gasteiger partial charge on any atom is -0.493 e. The number of ether oxygens (including phenoxy) is 2. The van der Waals surface area contributed by atoms with Gasteiger partial charge in [0.1, 0.15) is 18.9 Å². The Morgan fingerprint density at radius 2 is 2.06 bits per heavy atom. The Hall–Kier alpha value is -4.35. The van der Waals surface area contributed by atoms with Crippen LogP contribution in [-0.4, -0.2) is 53.9 Å². The standard InChI is InChI=1S/C22H22N8O4/c1-11(12-2-5-16-17(9-12)34-7-6-33-16)24-20-27-18-13(8-15-19(31)28-22(32)26-15)10-23-30(18)21(29-20)25-14-3-4-14/h2,5,8-11,14,31H,3-4,6-7H2,1H3,(H,24,25,29)(H2,26,28,32)/b13-8+. The van der Waals surface area contributed by atoms with Crippen LogP contribution < -0.4 is 31.3 Å². The van der Waals surface area contributed by atoms with Crippen molar-refractivity contribution in [3.05, 3.63) is 57.0 Å². The molecule has 2 aliphatic rings. The van der Waals surface area contributed by atoms with Gasteiger partial charge in [-0.15, -0.1) is 0 Å². The fourth-order valence-electron chi connectivity index (χ4n) is 3.75. The SMILES string of the molecule is CC(Nc1nc(=NC2CC2)n2nc/c(=C\c3[nH]c(=O)[nH]c3O)c2n1)c1ccc2c(c1)OCCO2. The average molecular weight is 462 g/mol. The normalized spacial score (nSPS) is 17.3. The first kappa shape index (κ1) is 20.3. The minimum atomic E-state index is -0.505. The van der Waals surface area contributed by atoms with Crippen molar-refractivity contribution in [2.75, 3.05) is 18.5 Å². The third-order valence-corrected chi connectivity index (χ3v) is 5.67. The minimum absolute atomic E-state index is 0.132. The number of fused-ring (bicyclic) bond motifs is 2. The number of rotatable bonds is 5. The lowest BCUT2D eigenvalue weighted by Gasteiger charge is -2.21. The summed E-state index contributed by atoms with van der Waals surface area (Å²) in [6.45, 7) is 3.07. The molecule has 4 N–H and O–H groups in total. The highest BCUT2D eigenvalue weighted by Crippen LogP contribution is 2.33. The number of benzene rings is 1. The van der Waals surface area contributed by atoms with E-state index in [-0.39, 0.29) is 23.7 Å². The maximum Gasteiger partial charge on any atom is 0.326 e. The average Bonchev–Trinajstić information content (AvgIpc) is 3.47. The first-order chi connectivity index (χ1) is 16.5. The van der Waals surface area contributed by atoms with E-state index in [4.69, 9.17) is 9.47 Å². The van der Waals surface area contributed by atoms with E-state index in [0.29, 0.717) is 41.4 Å². The van der Waals surface area contributed by atoms with Gasteiger partial charge >= 0.3 is 5.69 Å². The van der Waals surface area contributed by atoms with Gasteiger partial charge in [-0.2, -0.15) is 19.6 Å². The fourth-order valence-corrected chi connectivity index (χ4v) is 3.75. The first-order valence-corrected chi connectivity index (χ1v) is 11.0. The Bertz CT molecular complexity index is 1570. The van der Waals surface area contributed by atoms with Crippen molar-refractivity contribution >= 4 is 17.7 Å². The van der Waals surface area contributed by atoms with E-state index in [1.54, 1.807) is 16.8 Å². The van der Waals surface area contributed by atoms with Crippen LogP contribution in [0.1, 0.15) is 37.1 Å². The van der Waals surface area contributed by atoms with Gasteiger partial charge in [-0.1, -0.05) is 6.07 Å². The number of nitrogens with zero attached hydrogens (tertiary/aromatic N) is 5. The topological polar surface area (TPSA) is 155 Å². The van der Waals surface area contributed by atoms with E-state index < -0.39 is 5.69 Å². The summed E-state index contributed by atoms with van der Waals surface area (Å²) in [7, 11) is 0. The molecule has 1 saturated carbocycles. The number of hydrogen-bond acceptors (Lipinski definition) is 9. The Kier molecular flexibility index (Phi) is 4.71. The number of anilines is 1. The Morgan fingerprint density at radius 1 is 1.24 bits per heavy atom. The molecule has 0 radical (unpaired) electrons. The van der Waals surface area contributed by atoms with E-state index in [9.17, 15) is 9.90 Å². The third kappa shape index (κ3) is 3.83. The Balaban J connectivity index is 1.41. The molecule has 4 heterocycles. The van der Waals surface area contributed by atoms with E-state index in [0.717, 1.165) is 24.2 Å². The number of aromatic amines is 2. The van der Waals surface area contributed by atoms with Gasteiger partial charge in [-0.3, -0.25) is 4.98 Å². The number of aromatic nitrogens is 6. The molecule has 6 rings (SSSR count). The van der Waals surface area contributed by atoms with Gasteiger partial charge in [0.15, 0.2) is 17.1 Å². The predicted molar refractivity (Wildman–Crippen MR) is 121 cm³/mol. The summed E-state index contributed by atoms with van der Waals surface area (Å²) in [5.74, 6) is 1.57.